The number of rotatable bonds is 6. The Morgan fingerprint density at radius 2 is 2.12 bits per heavy atom. The second-order valence-corrected chi connectivity index (χ2v) is 6.08. The first-order valence-electron chi connectivity index (χ1n) is 7.61. The Labute approximate surface area is 153 Å². The van der Waals surface area contributed by atoms with E-state index in [-0.39, 0.29) is 18.4 Å². The van der Waals surface area contributed by atoms with Gasteiger partial charge in [-0.15, -0.1) is 10.2 Å². The van der Waals surface area contributed by atoms with E-state index in [1.807, 2.05) is 16.8 Å². The summed E-state index contributed by atoms with van der Waals surface area (Å²) in [4.78, 5) is 24.7. The molecule has 0 bridgehead atoms. The van der Waals surface area contributed by atoms with E-state index in [1.165, 1.54) is 30.2 Å². The van der Waals surface area contributed by atoms with E-state index in [0.717, 1.165) is 5.56 Å². The lowest BCUT2D eigenvalue weighted by molar-refractivity contribution is -0.117. The third kappa shape index (κ3) is 4.22. The molecule has 0 spiro atoms. The summed E-state index contributed by atoms with van der Waals surface area (Å²) < 4.78 is 5.23. The lowest BCUT2D eigenvalue weighted by Crippen LogP contribution is -2.21. The van der Waals surface area contributed by atoms with Crippen LogP contribution in [-0.2, 0) is 16.1 Å². The molecule has 0 aliphatic rings. The van der Waals surface area contributed by atoms with Crippen molar-refractivity contribution < 1.29 is 14.3 Å². The van der Waals surface area contributed by atoms with Crippen LogP contribution in [0.2, 0.25) is 0 Å². The van der Waals surface area contributed by atoms with Crippen LogP contribution in [-0.4, -0.2) is 39.1 Å². The Morgan fingerprint density at radius 1 is 1.27 bits per heavy atom. The van der Waals surface area contributed by atoms with E-state index < -0.39 is 0 Å². The molecule has 26 heavy (non-hydrogen) atoms. The number of tetrazole rings is 1. The number of amides is 2. The van der Waals surface area contributed by atoms with Gasteiger partial charge in [-0.3, -0.25) is 9.59 Å². The van der Waals surface area contributed by atoms with Gasteiger partial charge in [-0.25, -0.2) is 0 Å². The average Bonchev–Trinajstić information content (AvgIpc) is 3.25. The summed E-state index contributed by atoms with van der Waals surface area (Å²) in [6, 6.07) is 6.83. The highest BCUT2D eigenvalue weighted by Crippen LogP contribution is 2.28. The zero-order valence-corrected chi connectivity index (χ0v) is 14.9. The van der Waals surface area contributed by atoms with Crippen molar-refractivity contribution in [2.75, 3.05) is 17.7 Å². The standard InChI is InChI=1S/C16H16N6O3S/c1-10(23)17-12-3-4-14(25-2)13(7-12)18-15(24)8-22-20-16(19-21-22)11-5-6-26-9-11/h3-7,9H,8H2,1-2H3,(H,17,23)(H,18,24). The Kier molecular flexibility index (Phi) is 5.23. The maximum atomic E-state index is 12.3. The van der Waals surface area contributed by atoms with Gasteiger partial charge >= 0.3 is 0 Å². The molecular weight excluding hydrogens is 356 g/mol. The number of carbonyl (C=O) groups excluding carboxylic acids is 2. The molecule has 0 radical (unpaired) electrons. The molecule has 3 rings (SSSR count). The first kappa shape index (κ1) is 17.5. The predicted octanol–water partition coefficient (Wildman–Crippen LogP) is 2.01. The number of anilines is 2. The number of aromatic nitrogens is 4. The van der Waals surface area contributed by atoms with Crippen molar-refractivity contribution in [1.29, 1.82) is 0 Å². The topological polar surface area (TPSA) is 111 Å². The highest BCUT2D eigenvalue weighted by Gasteiger charge is 2.12. The van der Waals surface area contributed by atoms with Crippen molar-refractivity contribution in [3.8, 4) is 17.1 Å². The Balaban J connectivity index is 1.70. The number of nitrogens with zero attached hydrogens (tertiary/aromatic N) is 4. The van der Waals surface area contributed by atoms with Crippen molar-refractivity contribution in [1.82, 2.24) is 20.2 Å². The van der Waals surface area contributed by atoms with Crippen LogP contribution in [0.4, 0.5) is 11.4 Å². The number of benzene rings is 1. The Hall–Kier alpha value is -3.27. The van der Waals surface area contributed by atoms with E-state index >= 15 is 0 Å². The molecule has 2 aromatic heterocycles. The first-order chi connectivity index (χ1) is 12.5. The molecule has 2 N–H and O–H groups in total. The van der Waals surface area contributed by atoms with E-state index in [2.05, 4.69) is 26.0 Å². The van der Waals surface area contributed by atoms with Gasteiger partial charge in [-0.2, -0.15) is 16.1 Å². The number of nitrogens with one attached hydrogen (secondary N) is 2. The fourth-order valence-electron chi connectivity index (χ4n) is 2.22. The van der Waals surface area contributed by atoms with E-state index in [4.69, 9.17) is 4.74 Å². The molecule has 0 saturated carbocycles. The molecule has 1 aromatic carbocycles. The predicted molar refractivity (Wildman–Crippen MR) is 97.1 cm³/mol. The van der Waals surface area contributed by atoms with Crippen molar-refractivity contribution in [3.63, 3.8) is 0 Å². The third-order valence-corrected chi connectivity index (χ3v) is 3.99. The number of methoxy groups -OCH3 is 1. The van der Waals surface area contributed by atoms with Gasteiger partial charge in [0.2, 0.25) is 17.6 Å². The fraction of sp³-hybridized carbons (Fsp3) is 0.188. The molecule has 0 aliphatic heterocycles. The lowest BCUT2D eigenvalue weighted by atomic mass is 10.2. The number of hydrogen-bond acceptors (Lipinski definition) is 7. The van der Waals surface area contributed by atoms with Crippen molar-refractivity contribution >= 4 is 34.5 Å². The maximum Gasteiger partial charge on any atom is 0.248 e. The van der Waals surface area contributed by atoms with Gasteiger partial charge in [0.15, 0.2) is 0 Å². The summed E-state index contributed by atoms with van der Waals surface area (Å²) in [5, 5.41) is 21.2. The van der Waals surface area contributed by atoms with Crippen LogP contribution >= 0.6 is 11.3 Å². The van der Waals surface area contributed by atoms with Crippen LogP contribution < -0.4 is 15.4 Å². The molecule has 9 nitrogen and oxygen atoms in total. The van der Waals surface area contributed by atoms with Gasteiger partial charge in [0.1, 0.15) is 12.3 Å². The quantitative estimate of drug-likeness (QED) is 0.685. The smallest absolute Gasteiger partial charge is 0.248 e. The SMILES string of the molecule is COc1ccc(NC(C)=O)cc1NC(=O)Cn1nnc(-c2ccsc2)n1. The minimum absolute atomic E-state index is 0.106. The summed E-state index contributed by atoms with van der Waals surface area (Å²) >= 11 is 1.53. The molecule has 0 fully saturated rings. The molecule has 0 unspecified atom stereocenters. The van der Waals surface area contributed by atoms with E-state index in [1.54, 1.807) is 18.2 Å². The van der Waals surface area contributed by atoms with Gasteiger partial charge in [0.05, 0.1) is 12.8 Å². The monoisotopic (exact) mass is 372 g/mol. The second-order valence-electron chi connectivity index (χ2n) is 5.30. The number of carbonyl (C=O) groups is 2. The minimum atomic E-state index is -0.349. The largest absolute Gasteiger partial charge is 0.495 e. The summed E-state index contributed by atoms with van der Waals surface area (Å²) in [5.74, 6) is 0.375. The van der Waals surface area contributed by atoms with Gasteiger partial charge < -0.3 is 15.4 Å². The Morgan fingerprint density at radius 3 is 2.81 bits per heavy atom. The lowest BCUT2D eigenvalue weighted by Gasteiger charge is -2.12. The van der Waals surface area contributed by atoms with Crippen LogP contribution in [0.5, 0.6) is 5.75 Å². The van der Waals surface area contributed by atoms with E-state index in [0.29, 0.717) is 22.9 Å². The Bertz CT molecular complexity index is 922. The zero-order valence-electron chi connectivity index (χ0n) is 14.1. The first-order valence-corrected chi connectivity index (χ1v) is 8.55. The molecule has 3 aromatic rings. The molecule has 2 heterocycles. The molecule has 0 saturated heterocycles. The highest BCUT2D eigenvalue weighted by atomic mass is 32.1. The van der Waals surface area contributed by atoms with Gasteiger partial charge in [0.25, 0.3) is 0 Å². The average molecular weight is 372 g/mol. The number of hydrogen-bond donors (Lipinski definition) is 2. The molecular formula is C16H16N6O3S. The third-order valence-electron chi connectivity index (χ3n) is 3.31. The second kappa shape index (κ2) is 7.74. The van der Waals surface area contributed by atoms with Crippen LogP contribution in [0.25, 0.3) is 11.4 Å². The highest BCUT2D eigenvalue weighted by molar-refractivity contribution is 7.08. The van der Waals surface area contributed by atoms with Crippen LogP contribution in [0, 0.1) is 0 Å². The molecule has 0 aliphatic carbocycles. The normalized spacial score (nSPS) is 10.4. The van der Waals surface area contributed by atoms with Crippen LogP contribution in [0.1, 0.15) is 6.92 Å². The summed E-state index contributed by atoms with van der Waals surface area (Å²) in [6.07, 6.45) is 0. The number of ether oxygens (including phenoxy) is 1. The summed E-state index contributed by atoms with van der Waals surface area (Å²) in [7, 11) is 1.50. The van der Waals surface area contributed by atoms with Crippen molar-refractivity contribution in [2.45, 2.75) is 13.5 Å². The summed E-state index contributed by atoms with van der Waals surface area (Å²) in [6.45, 7) is 1.30. The fourth-order valence-corrected chi connectivity index (χ4v) is 2.86. The molecule has 134 valence electrons. The van der Waals surface area contributed by atoms with Gasteiger partial charge in [-0.1, -0.05) is 0 Å². The number of thiophene rings is 1. The maximum absolute atomic E-state index is 12.3. The zero-order chi connectivity index (χ0) is 18.5. The summed E-state index contributed by atoms with van der Waals surface area (Å²) in [5.41, 5.74) is 1.83. The van der Waals surface area contributed by atoms with Crippen LogP contribution in [0.15, 0.2) is 35.0 Å². The van der Waals surface area contributed by atoms with Crippen LogP contribution in [0.3, 0.4) is 0 Å². The molecule has 0 atom stereocenters. The molecule has 10 heteroatoms. The van der Waals surface area contributed by atoms with Crippen molar-refractivity contribution in [2.24, 2.45) is 0 Å². The van der Waals surface area contributed by atoms with Gasteiger partial charge in [-0.05, 0) is 34.9 Å². The van der Waals surface area contributed by atoms with E-state index in [9.17, 15) is 9.59 Å². The molecule has 2 amide bonds. The minimum Gasteiger partial charge on any atom is -0.495 e. The van der Waals surface area contributed by atoms with Crippen molar-refractivity contribution in [3.05, 3.63) is 35.0 Å². The van der Waals surface area contributed by atoms with Gasteiger partial charge in [0, 0.05) is 23.6 Å².